The standard InChI is InChI=1S/C13H21N7O/c1-15-13(17-10-14)16-8-4-5-9-20-12(21)7-6-11(18-20)19(2)3/h6-7H,4-5,8-9H2,1-3H3,(H2,15,16,17). The van der Waals surface area contributed by atoms with Crippen molar-refractivity contribution in [3.8, 4) is 6.19 Å². The number of aromatic nitrogens is 2. The summed E-state index contributed by atoms with van der Waals surface area (Å²) in [6, 6.07) is 3.23. The second-order valence-corrected chi connectivity index (χ2v) is 4.59. The highest BCUT2D eigenvalue weighted by atomic mass is 16.1. The molecule has 0 amide bonds. The van der Waals surface area contributed by atoms with Crippen molar-refractivity contribution in [3.05, 3.63) is 22.5 Å². The molecule has 0 unspecified atom stereocenters. The first-order chi connectivity index (χ1) is 10.1. The lowest BCUT2D eigenvalue weighted by Gasteiger charge is -2.13. The van der Waals surface area contributed by atoms with E-state index in [0.717, 1.165) is 18.7 Å². The van der Waals surface area contributed by atoms with E-state index in [-0.39, 0.29) is 5.56 Å². The average Bonchev–Trinajstić information content (AvgIpc) is 2.47. The lowest BCUT2D eigenvalue weighted by molar-refractivity contribution is 0.529. The third kappa shape index (κ3) is 5.52. The Morgan fingerprint density at radius 2 is 2.24 bits per heavy atom. The van der Waals surface area contributed by atoms with Gasteiger partial charge in [0.2, 0.25) is 5.96 Å². The van der Waals surface area contributed by atoms with Gasteiger partial charge in [-0.15, -0.1) is 0 Å². The lowest BCUT2D eigenvalue weighted by atomic mass is 10.3. The minimum atomic E-state index is -0.101. The number of hydrogen-bond acceptors (Lipinski definition) is 5. The lowest BCUT2D eigenvalue weighted by Crippen LogP contribution is -2.35. The minimum Gasteiger partial charge on any atom is -0.361 e. The number of nitriles is 1. The largest absolute Gasteiger partial charge is 0.361 e. The Morgan fingerprint density at radius 3 is 2.86 bits per heavy atom. The summed E-state index contributed by atoms with van der Waals surface area (Å²) < 4.78 is 1.47. The zero-order chi connectivity index (χ0) is 15.7. The van der Waals surface area contributed by atoms with Crippen molar-refractivity contribution >= 4 is 11.8 Å². The fourth-order valence-electron chi connectivity index (χ4n) is 1.66. The second-order valence-electron chi connectivity index (χ2n) is 4.59. The topological polar surface area (TPSA) is 98.3 Å². The van der Waals surface area contributed by atoms with Crippen molar-refractivity contribution < 1.29 is 0 Å². The fourth-order valence-corrected chi connectivity index (χ4v) is 1.66. The maximum atomic E-state index is 11.7. The number of anilines is 1. The third-order valence-corrected chi connectivity index (χ3v) is 2.80. The molecule has 0 saturated carbocycles. The van der Waals surface area contributed by atoms with Crippen LogP contribution in [0.5, 0.6) is 0 Å². The number of unbranched alkanes of at least 4 members (excludes halogenated alkanes) is 1. The van der Waals surface area contributed by atoms with Gasteiger partial charge in [-0.05, 0) is 18.9 Å². The number of aryl methyl sites for hydroxylation is 1. The Balaban J connectivity index is 2.41. The van der Waals surface area contributed by atoms with Gasteiger partial charge in [-0.2, -0.15) is 10.4 Å². The van der Waals surface area contributed by atoms with Crippen LogP contribution in [0.15, 0.2) is 21.9 Å². The van der Waals surface area contributed by atoms with Gasteiger partial charge in [0.05, 0.1) is 0 Å². The average molecular weight is 291 g/mol. The molecule has 0 aliphatic rings. The Hall–Kier alpha value is -2.56. The molecule has 21 heavy (non-hydrogen) atoms. The first kappa shape index (κ1) is 16.5. The Labute approximate surface area is 124 Å². The third-order valence-electron chi connectivity index (χ3n) is 2.80. The van der Waals surface area contributed by atoms with Crippen LogP contribution in [0.1, 0.15) is 12.8 Å². The summed E-state index contributed by atoms with van der Waals surface area (Å²) in [6.45, 7) is 1.23. The molecule has 8 nitrogen and oxygen atoms in total. The Morgan fingerprint density at radius 1 is 1.48 bits per heavy atom. The van der Waals surface area contributed by atoms with Crippen molar-refractivity contribution in [1.29, 1.82) is 5.26 Å². The fraction of sp³-hybridized carbons (Fsp3) is 0.538. The molecule has 1 aromatic heterocycles. The van der Waals surface area contributed by atoms with Gasteiger partial charge >= 0.3 is 0 Å². The molecule has 1 heterocycles. The number of nitrogens with one attached hydrogen (secondary N) is 2. The van der Waals surface area contributed by atoms with Crippen LogP contribution in [0.4, 0.5) is 5.82 Å². The molecule has 0 saturated heterocycles. The molecule has 0 aliphatic heterocycles. The van der Waals surface area contributed by atoms with Crippen LogP contribution in [0.2, 0.25) is 0 Å². The predicted molar refractivity (Wildman–Crippen MR) is 82.2 cm³/mol. The molecule has 0 spiro atoms. The summed E-state index contributed by atoms with van der Waals surface area (Å²) in [7, 11) is 5.37. The van der Waals surface area contributed by atoms with Crippen molar-refractivity contribution in [2.75, 3.05) is 32.6 Å². The first-order valence-electron chi connectivity index (χ1n) is 6.69. The van der Waals surface area contributed by atoms with Gasteiger partial charge in [0.15, 0.2) is 6.19 Å². The van der Waals surface area contributed by atoms with Crippen LogP contribution in [0.3, 0.4) is 0 Å². The van der Waals surface area contributed by atoms with E-state index in [1.54, 1.807) is 19.3 Å². The number of nitrogens with zero attached hydrogens (tertiary/aromatic N) is 5. The van der Waals surface area contributed by atoms with Gasteiger partial charge in [0.1, 0.15) is 5.82 Å². The van der Waals surface area contributed by atoms with Gasteiger partial charge in [-0.25, -0.2) is 4.68 Å². The SMILES string of the molecule is CN=C(NC#N)NCCCCn1nc(N(C)C)ccc1=O. The van der Waals surface area contributed by atoms with Crippen molar-refractivity contribution in [3.63, 3.8) is 0 Å². The van der Waals surface area contributed by atoms with E-state index < -0.39 is 0 Å². The molecular weight excluding hydrogens is 270 g/mol. The molecule has 1 aromatic rings. The van der Waals surface area contributed by atoms with Crippen LogP contribution in [-0.2, 0) is 6.54 Å². The Kier molecular flexibility index (Phi) is 6.74. The molecule has 8 heteroatoms. The van der Waals surface area contributed by atoms with Crippen molar-refractivity contribution in [2.24, 2.45) is 4.99 Å². The molecule has 0 radical (unpaired) electrons. The molecule has 0 aliphatic carbocycles. The highest BCUT2D eigenvalue weighted by molar-refractivity contribution is 5.80. The molecule has 2 N–H and O–H groups in total. The van der Waals surface area contributed by atoms with Crippen LogP contribution < -0.4 is 21.1 Å². The molecule has 0 aromatic carbocycles. The summed E-state index contributed by atoms with van der Waals surface area (Å²) >= 11 is 0. The normalized spacial score (nSPS) is 10.9. The second kappa shape index (κ2) is 8.58. The minimum absolute atomic E-state index is 0.101. The van der Waals surface area contributed by atoms with Gasteiger partial charge in [-0.1, -0.05) is 0 Å². The first-order valence-corrected chi connectivity index (χ1v) is 6.69. The number of hydrogen-bond donors (Lipinski definition) is 2. The smallest absolute Gasteiger partial charge is 0.266 e. The molecule has 114 valence electrons. The highest BCUT2D eigenvalue weighted by Crippen LogP contribution is 2.02. The molecule has 1 rings (SSSR count). The van der Waals surface area contributed by atoms with Gasteiger partial charge in [0.25, 0.3) is 5.56 Å². The van der Waals surface area contributed by atoms with Crippen molar-refractivity contribution in [2.45, 2.75) is 19.4 Å². The number of guanidine groups is 1. The van der Waals surface area contributed by atoms with E-state index in [0.29, 0.717) is 19.0 Å². The summed E-state index contributed by atoms with van der Waals surface area (Å²) in [4.78, 5) is 17.4. The maximum absolute atomic E-state index is 11.7. The van der Waals surface area contributed by atoms with E-state index in [1.807, 2.05) is 19.0 Å². The van der Waals surface area contributed by atoms with E-state index in [9.17, 15) is 4.79 Å². The maximum Gasteiger partial charge on any atom is 0.266 e. The molecule has 0 bridgehead atoms. The highest BCUT2D eigenvalue weighted by Gasteiger charge is 2.02. The van der Waals surface area contributed by atoms with Gasteiger partial charge in [-0.3, -0.25) is 15.1 Å². The van der Waals surface area contributed by atoms with Crippen molar-refractivity contribution in [1.82, 2.24) is 20.4 Å². The van der Waals surface area contributed by atoms with E-state index in [2.05, 4.69) is 20.7 Å². The zero-order valence-electron chi connectivity index (χ0n) is 12.6. The summed E-state index contributed by atoms with van der Waals surface area (Å²) in [6.07, 6.45) is 3.45. The summed E-state index contributed by atoms with van der Waals surface area (Å²) in [5.41, 5.74) is -0.101. The van der Waals surface area contributed by atoms with Gasteiger partial charge < -0.3 is 10.2 Å². The molecular formula is C13H21N7O. The number of rotatable bonds is 6. The van der Waals surface area contributed by atoms with Crippen LogP contribution in [0.25, 0.3) is 0 Å². The van der Waals surface area contributed by atoms with Crippen LogP contribution in [-0.4, -0.2) is 43.4 Å². The number of aliphatic imine (C=N–C) groups is 1. The summed E-state index contributed by atoms with van der Waals surface area (Å²) in [5.74, 6) is 1.20. The van der Waals surface area contributed by atoms with Crippen LogP contribution in [0, 0.1) is 11.5 Å². The van der Waals surface area contributed by atoms with Gasteiger partial charge in [0, 0.05) is 40.3 Å². The van der Waals surface area contributed by atoms with E-state index >= 15 is 0 Å². The molecule has 0 fully saturated rings. The summed E-state index contributed by atoms with van der Waals surface area (Å²) in [5, 5.41) is 18.2. The zero-order valence-corrected chi connectivity index (χ0v) is 12.6. The van der Waals surface area contributed by atoms with Crippen LogP contribution >= 0.6 is 0 Å². The van der Waals surface area contributed by atoms with E-state index in [1.165, 1.54) is 10.7 Å². The Bertz CT molecular complexity index is 571. The monoisotopic (exact) mass is 291 g/mol. The predicted octanol–water partition coefficient (Wildman–Crippen LogP) is -0.264. The molecule has 0 atom stereocenters. The van der Waals surface area contributed by atoms with E-state index in [4.69, 9.17) is 5.26 Å². The quantitative estimate of drug-likeness (QED) is 0.246.